The average Bonchev–Trinajstić information content (AvgIpc) is 3.33. The van der Waals surface area contributed by atoms with E-state index < -0.39 is 11.5 Å². The highest BCUT2D eigenvalue weighted by Crippen LogP contribution is 2.24. The molecule has 0 saturated heterocycles. The topological polar surface area (TPSA) is 91.4 Å². The lowest BCUT2D eigenvalue weighted by molar-refractivity contribution is -0.143. The summed E-state index contributed by atoms with van der Waals surface area (Å²) < 4.78 is 11.7. The van der Waals surface area contributed by atoms with Crippen molar-refractivity contribution in [2.24, 2.45) is 0 Å². The molecule has 4 aromatic rings. The van der Waals surface area contributed by atoms with E-state index in [1.807, 2.05) is 25.1 Å². The van der Waals surface area contributed by atoms with Gasteiger partial charge >= 0.3 is 5.97 Å². The van der Waals surface area contributed by atoms with Crippen molar-refractivity contribution in [1.82, 2.24) is 9.55 Å². The van der Waals surface area contributed by atoms with Crippen molar-refractivity contribution in [3.05, 3.63) is 62.8 Å². The average molecular weight is 396 g/mol. The molecule has 0 aliphatic rings. The summed E-state index contributed by atoms with van der Waals surface area (Å²) in [5.41, 5.74) is 0.605. The van der Waals surface area contributed by atoms with Crippen LogP contribution in [0.4, 0.5) is 0 Å². The number of fused-ring (bicyclic) bond motifs is 3. The van der Waals surface area contributed by atoms with Crippen LogP contribution in [0.3, 0.4) is 0 Å². The number of furan rings is 1. The number of carbonyl (C=O) groups is 2. The predicted molar refractivity (Wildman–Crippen MR) is 105 cm³/mol. The van der Waals surface area contributed by atoms with E-state index >= 15 is 0 Å². The van der Waals surface area contributed by atoms with Gasteiger partial charge in [0.05, 0.1) is 11.2 Å². The molecular formula is C20H16N2O5S. The third kappa shape index (κ3) is 3.34. The molecule has 28 heavy (non-hydrogen) atoms. The number of aromatic nitrogens is 2. The van der Waals surface area contributed by atoms with Crippen molar-refractivity contribution in [3.8, 4) is 0 Å². The zero-order valence-corrected chi connectivity index (χ0v) is 15.8. The maximum atomic E-state index is 12.6. The summed E-state index contributed by atoms with van der Waals surface area (Å²) in [7, 11) is 0. The Bertz CT molecular complexity index is 1250. The largest absolute Gasteiger partial charge is 0.456 e. The normalized spacial score (nSPS) is 11.2. The van der Waals surface area contributed by atoms with Gasteiger partial charge in [0.25, 0.3) is 5.56 Å². The minimum absolute atomic E-state index is 0.0817. The standard InChI is InChI=1S/C20H16N2O5S/c1-2-12-7-8-16(28-12)14(23)10-26-17(24)9-22-11-21-18-13-5-3-4-6-15(13)27-19(18)20(22)25/h3-8,11H,2,9-10H2,1H3. The number of rotatable bonds is 6. The Labute approximate surface area is 163 Å². The number of ether oxygens (including phenoxy) is 1. The first-order valence-corrected chi connectivity index (χ1v) is 9.52. The highest BCUT2D eigenvalue weighted by atomic mass is 32.1. The summed E-state index contributed by atoms with van der Waals surface area (Å²) in [6.45, 7) is 1.29. The van der Waals surface area contributed by atoms with Crippen molar-refractivity contribution in [1.29, 1.82) is 0 Å². The quantitative estimate of drug-likeness (QED) is 0.367. The maximum absolute atomic E-state index is 12.6. The Kier molecular flexibility index (Phi) is 4.79. The van der Waals surface area contributed by atoms with Crippen LogP contribution < -0.4 is 5.56 Å². The Hall–Kier alpha value is -3.26. The first kappa shape index (κ1) is 18.1. The fraction of sp³-hybridized carbons (Fsp3) is 0.200. The number of carbonyl (C=O) groups excluding carboxylic acids is 2. The Balaban J connectivity index is 1.47. The van der Waals surface area contributed by atoms with Gasteiger partial charge in [0, 0.05) is 10.3 Å². The van der Waals surface area contributed by atoms with Crippen molar-refractivity contribution in [2.75, 3.05) is 6.61 Å². The molecule has 0 aliphatic carbocycles. The van der Waals surface area contributed by atoms with Crippen molar-refractivity contribution < 1.29 is 18.7 Å². The molecule has 7 nitrogen and oxygen atoms in total. The molecule has 0 saturated carbocycles. The van der Waals surface area contributed by atoms with Crippen LogP contribution in [0, 0.1) is 0 Å². The molecule has 0 fully saturated rings. The second-order valence-electron chi connectivity index (χ2n) is 6.16. The molecule has 0 spiro atoms. The van der Waals surface area contributed by atoms with E-state index in [9.17, 15) is 14.4 Å². The third-order valence-corrected chi connectivity index (χ3v) is 5.57. The highest BCUT2D eigenvalue weighted by Gasteiger charge is 2.16. The minimum atomic E-state index is -0.694. The van der Waals surface area contributed by atoms with Crippen LogP contribution in [0.5, 0.6) is 0 Å². The number of para-hydroxylation sites is 1. The van der Waals surface area contributed by atoms with Crippen molar-refractivity contribution in [3.63, 3.8) is 0 Å². The monoisotopic (exact) mass is 396 g/mol. The summed E-state index contributed by atoms with van der Waals surface area (Å²) in [5, 5.41) is 0.734. The van der Waals surface area contributed by atoms with Crippen LogP contribution in [-0.2, 0) is 22.5 Å². The van der Waals surface area contributed by atoms with E-state index in [0.29, 0.717) is 16.0 Å². The predicted octanol–water partition coefficient (Wildman–Crippen LogP) is 3.19. The number of hydrogen-bond acceptors (Lipinski definition) is 7. The van der Waals surface area contributed by atoms with E-state index in [0.717, 1.165) is 21.3 Å². The fourth-order valence-corrected chi connectivity index (χ4v) is 3.72. The molecule has 3 heterocycles. The van der Waals surface area contributed by atoms with Crippen LogP contribution >= 0.6 is 11.3 Å². The molecule has 3 aromatic heterocycles. The number of nitrogens with zero attached hydrogens (tertiary/aromatic N) is 2. The number of Topliss-reactive ketones (excluding diaryl/α,β-unsaturated/α-hetero) is 1. The van der Waals surface area contributed by atoms with Gasteiger partial charge in [0.1, 0.15) is 17.6 Å². The highest BCUT2D eigenvalue weighted by molar-refractivity contribution is 7.14. The van der Waals surface area contributed by atoms with Gasteiger partial charge in [-0.3, -0.25) is 19.0 Å². The zero-order chi connectivity index (χ0) is 19.7. The van der Waals surface area contributed by atoms with Crippen molar-refractivity contribution in [2.45, 2.75) is 19.9 Å². The number of hydrogen-bond donors (Lipinski definition) is 0. The maximum Gasteiger partial charge on any atom is 0.326 e. The van der Waals surface area contributed by atoms with Gasteiger partial charge in [-0.1, -0.05) is 19.1 Å². The van der Waals surface area contributed by atoms with Gasteiger partial charge in [-0.15, -0.1) is 11.3 Å². The van der Waals surface area contributed by atoms with Crippen LogP contribution in [-0.4, -0.2) is 27.9 Å². The molecule has 0 bridgehead atoms. The van der Waals surface area contributed by atoms with E-state index in [1.165, 1.54) is 17.7 Å². The molecule has 0 amide bonds. The zero-order valence-electron chi connectivity index (χ0n) is 15.0. The first-order chi connectivity index (χ1) is 13.6. The van der Waals surface area contributed by atoms with Gasteiger partial charge in [0.15, 0.2) is 6.61 Å². The SMILES string of the molecule is CCc1ccc(C(=O)COC(=O)Cn2cnc3c(oc4ccccc43)c2=O)s1. The van der Waals surface area contributed by atoms with E-state index in [1.54, 1.807) is 18.2 Å². The van der Waals surface area contributed by atoms with Gasteiger partial charge < -0.3 is 9.15 Å². The molecule has 142 valence electrons. The van der Waals surface area contributed by atoms with Crippen LogP contribution in [0.2, 0.25) is 0 Å². The lowest BCUT2D eigenvalue weighted by Gasteiger charge is -2.05. The van der Waals surface area contributed by atoms with Crippen LogP contribution in [0.25, 0.3) is 22.1 Å². The summed E-state index contributed by atoms with van der Waals surface area (Å²) >= 11 is 1.38. The van der Waals surface area contributed by atoms with Gasteiger partial charge in [0.2, 0.25) is 11.4 Å². The molecule has 8 heteroatoms. The molecule has 0 N–H and O–H groups in total. The van der Waals surface area contributed by atoms with Crippen LogP contribution in [0.1, 0.15) is 21.5 Å². The second kappa shape index (κ2) is 7.40. The summed E-state index contributed by atoms with van der Waals surface area (Å²) in [5.74, 6) is -0.962. The van der Waals surface area contributed by atoms with Crippen molar-refractivity contribution >= 4 is 45.2 Å². The van der Waals surface area contributed by atoms with Gasteiger partial charge in [-0.2, -0.15) is 0 Å². The number of benzene rings is 1. The van der Waals surface area contributed by atoms with E-state index in [2.05, 4.69) is 4.98 Å². The first-order valence-electron chi connectivity index (χ1n) is 8.71. The fourth-order valence-electron chi connectivity index (χ4n) is 2.85. The second-order valence-corrected chi connectivity index (χ2v) is 7.33. The smallest absolute Gasteiger partial charge is 0.326 e. The lowest BCUT2D eigenvalue weighted by Crippen LogP contribution is -2.26. The molecule has 0 aliphatic heterocycles. The van der Waals surface area contributed by atoms with Gasteiger partial charge in [-0.05, 0) is 30.7 Å². The molecule has 4 rings (SSSR count). The summed E-state index contributed by atoms with van der Waals surface area (Å²) in [4.78, 5) is 42.6. The molecular weight excluding hydrogens is 380 g/mol. The molecule has 0 unspecified atom stereocenters. The Morgan fingerprint density at radius 1 is 1.21 bits per heavy atom. The summed E-state index contributed by atoms with van der Waals surface area (Å²) in [6.07, 6.45) is 2.13. The third-order valence-electron chi connectivity index (χ3n) is 4.30. The van der Waals surface area contributed by atoms with Gasteiger partial charge in [-0.25, -0.2) is 4.98 Å². The minimum Gasteiger partial charge on any atom is -0.456 e. The Morgan fingerprint density at radius 2 is 2.04 bits per heavy atom. The number of aryl methyl sites for hydroxylation is 1. The number of ketones is 1. The summed E-state index contributed by atoms with van der Waals surface area (Å²) in [6, 6.07) is 10.8. The van der Waals surface area contributed by atoms with Crippen LogP contribution in [0.15, 0.2) is 51.9 Å². The molecule has 0 atom stereocenters. The van der Waals surface area contributed by atoms with E-state index in [-0.39, 0.29) is 24.5 Å². The number of thiophene rings is 1. The number of esters is 1. The molecule has 1 aromatic carbocycles. The Morgan fingerprint density at radius 3 is 2.82 bits per heavy atom. The lowest BCUT2D eigenvalue weighted by atomic mass is 10.2. The molecule has 0 radical (unpaired) electrons. The van der Waals surface area contributed by atoms with E-state index in [4.69, 9.17) is 9.15 Å².